The van der Waals surface area contributed by atoms with Crippen molar-refractivity contribution >= 4 is 15.9 Å². The molecular weight excluding hydrogens is 325 g/mol. The lowest BCUT2D eigenvalue weighted by Gasteiger charge is -2.09. The summed E-state index contributed by atoms with van der Waals surface area (Å²) in [5, 5.41) is 0. The normalized spacial score (nSPS) is 11.5. The lowest BCUT2D eigenvalue weighted by molar-refractivity contribution is 0.0943. The molecule has 0 radical (unpaired) electrons. The molecule has 0 aliphatic rings. The molecule has 2 aromatic rings. The Labute approximate surface area is 123 Å². The van der Waals surface area contributed by atoms with Gasteiger partial charge in [-0.3, -0.25) is 10.2 Å². The molecular formula is C12H9F3N2O4S. The minimum Gasteiger partial charge on any atom is -0.469 e. The first-order chi connectivity index (χ1) is 10.2. The van der Waals surface area contributed by atoms with Crippen LogP contribution in [0.3, 0.4) is 0 Å². The molecule has 0 aliphatic heterocycles. The fourth-order valence-corrected chi connectivity index (χ4v) is 2.48. The van der Waals surface area contributed by atoms with Crippen molar-refractivity contribution < 1.29 is 30.8 Å². The number of aryl methyl sites for hydroxylation is 1. The van der Waals surface area contributed by atoms with Gasteiger partial charge in [0.1, 0.15) is 10.7 Å². The summed E-state index contributed by atoms with van der Waals surface area (Å²) in [5.74, 6) is -5.98. The number of hydrazine groups is 1. The maximum Gasteiger partial charge on any atom is 0.269 e. The van der Waals surface area contributed by atoms with Crippen molar-refractivity contribution in [1.29, 1.82) is 0 Å². The predicted octanol–water partition coefficient (Wildman–Crippen LogP) is 1.63. The van der Waals surface area contributed by atoms with Gasteiger partial charge in [-0.2, -0.15) is 0 Å². The average molecular weight is 334 g/mol. The van der Waals surface area contributed by atoms with Crippen LogP contribution in [0.5, 0.6) is 0 Å². The van der Waals surface area contributed by atoms with Gasteiger partial charge in [-0.1, -0.05) is 0 Å². The maximum atomic E-state index is 13.5. The SMILES string of the molecule is Cc1occc1C(=O)NNS(=O)(=O)c1ccc(F)c(F)c1F. The van der Waals surface area contributed by atoms with Crippen molar-refractivity contribution in [2.75, 3.05) is 0 Å². The van der Waals surface area contributed by atoms with E-state index in [1.54, 1.807) is 10.3 Å². The molecule has 0 saturated carbocycles. The number of sulfonamides is 1. The number of benzene rings is 1. The first-order valence-corrected chi connectivity index (χ1v) is 7.22. The van der Waals surface area contributed by atoms with Crippen LogP contribution in [0.2, 0.25) is 0 Å². The number of furan rings is 1. The molecule has 1 amide bonds. The highest BCUT2D eigenvalue weighted by Crippen LogP contribution is 2.19. The van der Waals surface area contributed by atoms with Gasteiger partial charge in [-0.05, 0) is 25.1 Å². The Bertz CT molecular complexity index is 833. The first kappa shape index (κ1) is 16.0. The number of hydrogen-bond acceptors (Lipinski definition) is 4. The Hall–Kier alpha value is -2.33. The van der Waals surface area contributed by atoms with Gasteiger partial charge >= 0.3 is 0 Å². The number of amides is 1. The van der Waals surface area contributed by atoms with Crippen molar-refractivity contribution in [3.63, 3.8) is 0 Å². The van der Waals surface area contributed by atoms with Crippen molar-refractivity contribution in [2.45, 2.75) is 11.8 Å². The zero-order chi connectivity index (χ0) is 16.5. The lowest BCUT2D eigenvalue weighted by Crippen LogP contribution is -2.42. The molecule has 0 saturated heterocycles. The number of hydrogen-bond donors (Lipinski definition) is 2. The van der Waals surface area contributed by atoms with Crippen LogP contribution in [0.15, 0.2) is 33.8 Å². The summed E-state index contributed by atoms with van der Waals surface area (Å²) in [4.78, 5) is 12.1. The Morgan fingerprint density at radius 1 is 1.14 bits per heavy atom. The minimum atomic E-state index is -4.62. The fourth-order valence-electron chi connectivity index (χ4n) is 1.57. The first-order valence-electron chi connectivity index (χ1n) is 5.74. The topological polar surface area (TPSA) is 88.4 Å². The van der Waals surface area contributed by atoms with Gasteiger partial charge in [0.25, 0.3) is 15.9 Å². The molecule has 1 heterocycles. The average Bonchev–Trinajstić information content (AvgIpc) is 2.88. The van der Waals surface area contributed by atoms with E-state index < -0.39 is 38.3 Å². The van der Waals surface area contributed by atoms with Gasteiger partial charge < -0.3 is 4.42 Å². The smallest absolute Gasteiger partial charge is 0.269 e. The van der Waals surface area contributed by atoms with Gasteiger partial charge in [0.05, 0.1) is 11.8 Å². The van der Waals surface area contributed by atoms with E-state index >= 15 is 0 Å². The monoisotopic (exact) mass is 334 g/mol. The largest absolute Gasteiger partial charge is 0.469 e. The molecule has 0 fully saturated rings. The van der Waals surface area contributed by atoms with Crippen LogP contribution in [0.1, 0.15) is 16.1 Å². The molecule has 118 valence electrons. The minimum absolute atomic E-state index is 0.0495. The van der Waals surface area contributed by atoms with Crippen LogP contribution in [0.25, 0.3) is 0 Å². The van der Waals surface area contributed by atoms with Gasteiger partial charge in [0.15, 0.2) is 17.5 Å². The second-order valence-corrected chi connectivity index (χ2v) is 5.77. The molecule has 1 aromatic heterocycles. The summed E-state index contributed by atoms with van der Waals surface area (Å²) in [7, 11) is -4.62. The fraction of sp³-hybridized carbons (Fsp3) is 0.0833. The summed E-state index contributed by atoms with van der Waals surface area (Å²) in [6, 6.07) is 2.28. The molecule has 1 aromatic carbocycles. The summed E-state index contributed by atoms with van der Waals surface area (Å²) in [5.41, 5.74) is 1.86. The van der Waals surface area contributed by atoms with E-state index in [4.69, 9.17) is 4.42 Å². The Kier molecular flexibility index (Phi) is 4.24. The third-order valence-electron chi connectivity index (χ3n) is 2.69. The second-order valence-electron chi connectivity index (χ2n) is 4.12. The molecule has 0 unspecified atom stereocenters. The molecule has 0 atom stereocenters. The van der Waals surface area contributed by atoms with E-state index in [1.807, 2.05) is 0 Å². The van der Waals surface area contributed by atoms with E-state index in [-0.39, 0.29) is 11.3 Å². The number of carbonyl (C=O) groups is 1. The summed E-state index contributed by atoms with van der Waals surface area (Å²) in [6.45, 7) is 1.47. The number of halogens is 3. The zero-order valence-electron chi connectivity index (χ0n) is 11.0. The molecule has 2 N–H and O–H groups in total. The molecule has 0 spiro atoms. The third-order valence-corrected chi connectivity index (χ3v) is 3.96. The number of nitrogens with one attached hydrogen (secondary N) is 2. The summed E-state index contributed by atoms with van der Waals surface area (Å²) >= 11 is 0. The molecule has 10 heteroatoms. The second kappa shape index (κ2) is 5.81. The maximum absolute atomic E-state index is 13.5. The van der Waals surface area contributed by atoms with Crippen molar-refractivity contribution in [1.82, 2.24) is 10.3 Å². The van der Waals surface area contributed by atoms with Crippen molar-refractivity contribution in [3.8, 4) is 0 Å². The van der Waals surface area contributed by atoms with E-state index in [0.29, 0.717) is 12.1 Å². The third kappa shape index (κ3) is 2.97. The number of rotatable bonds is 4. The van der Waals surface area contributed by atoms with Crippen LogP contribution in [-0.2, 0) is 10.0 Å². The van der Waals surface area contributed by atoms with Crippen molar-refractivity contribution in [3.05, 3.63) is 53.2 Å². The van der Waals surface area contributed by atoms with Gasteiger partial charge in [0.2, 0.25) is 0 Å². The summed E-state index contributed by atoms with van der Waals surface area (Å²) in [6.07, 6.45) is 1.22. The van der Waals surface area contributed by atoms with E-state index in [1.165, 1.54) is 19.3 Å². The van der Waals surface area contributed by atoms with Gasteiger partial charge in [0, 0.05) is 0 Å². The van der Waals surface area contributed by atoms with E-state index in [2.05, 4.69) is 0 Å². The molecule has 2 rings (SSSR count). The Morgan fingerprint density at radius 2 is 1.82 bits per heavy atom. The molecule has 22 heavy (non-hydrogen) atoms. The van der Waals surface area contributed by atoms with E-state index in [9.17, 15) is 26.4 Å². The Balaban J connectivity index is 2.21. The highest BCUT2D eigenvalue weighted by atomic mass is 32.2. The zero-order valence-corrected chi connectivity index (χ0v) is 11.8. The van der Waals surface area contributed by atoms with Crippen LogP contribution in [0.4, 0.5) is 13.2 Å². The summed E-state index contributed by atoms with van der Waals surface area (Å²) < 4.78 is 67.7. The number of carbonyl (C=O) groups excluding carboxylic acids is 1. The van der Waals surface area contributed by atoms with E-state index in [0.717, 1.165) is 0 Å². The molecule has 0 bridgehead atoms. The molecule has 6 nitrogen and oxygen atoms in total. The van der Waals surface area contributed by atoms with Crippen LogP contribution in [-0.4, -0.2) is 14.3 Å². The molecule has 0 aliphatic carbocycles. The van der Waals surface area contributed by atoms with Crippen molar-refractivity contribution in [2.24, 2.45) is 0 Å². The van der Waals surface area contributed by atoms with Crippen LogP contribution >= 0.6 is 0 Å². The highest BCUT2D eigenvalue weighted by molar-refractivity contribution is 7.89. The van der Waals surface area contributed by atoms with Crippen LogP contribution < -0.4 is 10.3 Å². The standard InChI is InChI=1S/C12H9F3N2O4S/c1-6-7(4-5-21-6)12(18)16-17-22(19,20)9-3-2-8(13)10(14)11(9)15/h2-5,17H,1H3,(H,16,18). The van der Waals surface area contributed by atoms with Gasteiger partial charge in [-0.25, -0.2) is 21.6 Å². The van der Waals surface area contributed by atoms with Crippen LogP contribution in [0, 0.1) is 24.4 Å². The highest BCUT2D eigenvalue weighted by Gasteiger charge is 2.25. The quantitative estimate of drug-likeness (QED) is 0.657. The predicted molar refractivity (Wildman–Crippen MR) is 67.5 cm³/mol. The lowest BCUT2D eigenvalue weighted by atomic mass is 10.2. The Morgan fingerprint density at radius 3 is 2.41 bits per heavy atom. The van der Waals surface area contributed by atoms with Gasteiger partial charge in [-0.15, -0.1) is 4.83 Å².